The number of nitro benzene ring substituents is 2. The molecule has 1 fully saturated rings. The summed E-state index contributed by atoms with van der Waals surface area (Å²) in [7, 11) is 0. The summed E-state index contributed by atoms with van der Waals surface area (Å²) in [4.78, 5) is 20.7. The molecular formula is C16H22N4O5. The normalized spacial score (nSPS) is 21.9. The summed E-state index contributed by atoms with van der Waals surface area (Å²) in [6.07, 6.45) is 2.78. The summed E-state index contributed by atoms with van der Waals surface area (Å²) < 4.78 is 5.63. The molecule has 1 aromatic rings. The van der Waals surface area contributed by atoms with E-state index in [2.05, 4.69) is 17.5 Å². The van der Waals surface area contributed by atoms with E-state index in [-0.39, 0.29) is 28.9 Å². The highest BCUT2D eigenvalue weighted by atomic mass is 16.6. The van der Waals surface area contributed by atoms with Crippen molar-refractivity contribution in [3.63, 3.8) is 0 Å². The fourth-order valence-corrected chi connectivity index (χ4v) is 2.95. The molecule has 1 saturated heterocycles. The van der Waals surface area contributed by atoms with E-state index in [4.69, 9.17) is 4.74 Å². The lowest BCUT2D eigenvalue weighted by atomic mass is 9.86. The number of ether oxygens (including phenoxy) is 1. The van der Waals surface area contributed by atoms with Gasteiger partial charge < -0.3 is 4.74 Å². The van der Waals surface area contributed by atoms with Crippen molar-refractivity contribution in [1.29, 1.82) is 0 Å². The van der Waals surface area contributed by atoms with Gasteiger partial charge in [-0.25, -0.2) is 0 Å². The first-order chi connectivity index (χ1) is 12.0. The lowest BCUT2D eigenvalue weighted by Gasteiger charge is -2.30. The molecule has 9 nitrogen and oxygen atoms in total. The van der Waals surface area contributed by atoms with Crippen molar-refractivity contribution in [2.75, 3.05) is 18.6 Å². The Labute approximate surface area is 145 Å². The molecule has 0 aromatic heterocycles. The van der Waals surface area contributed by atoms with Crippen LogP contribution >= 0.6 is 0 Å². The molecule has 2 atom stereocenters. The lowest BCUT2D eigenvalue weighted by molar-refractivity contribution is -0.393. The number of benzene rings is 1. The van der Waals surface area contributed by atoms with Gasteiger partial charge >= 0.3 is 5.69 Å². The molecule has 0 amide bonds. The van der Waals surface area contributed by atoms with Crippen LogP contribution in [0.2, 0.25) is 0 Å². The second-order valence-corrected chi connectivity index (χ2v) is 5.99. The number of non-ortho nitro benzene ring substituents is 1. The van der Waals surface area contributed by atoms with Gasteiger partial charge in [0.25, 0.3) is 5.69 Å². The quantitative estimate of drug-likeness (QED) is 0.590. The summed E-state index contributed by atoms with van der Waals surface area (Å²) in [5, 5.41) is 26.5. The number of nitrogens with one attached hydrogen (secondary N) is 1. The number of hydrazone groups is 1. The molecule has 0 aliphatic carbocycles. The first kappa shape index (κ1) is 18.8. The summed E-state index contributed by atoms with van der Waals surface area (Å²) in [6, 6.07) is 3.48. The van der Waals surface area contributed by atoms with Crippen LogP contribution in [-0.2, 0) is 4.74 Å². The highest BCUT2D eigenvalue weighted by Gasteiger charge is 2.29. The Morgan fingerprint density at radius 3 is 2.52 bits per heavy atom. The second kappa shape index (κ2) is 8.52. The van der Waals surface area contributed by atoms with Gasteiger partial charge in [0.05, 0.1) is 29.1 Å². The average molecular weight is 350 g/mol. The van der Waals surface area contributed by atoms with Crippen LogP contribution in [0.15, 0.2) is 23.3 Å². The molecule has 1 heterocycles. The Morgan fingerprint density at radius 2 is 1.92 bits per heavy atom. The van der Waals surface area contributed by atoms with Crippen molar-refractivity contribution < 1.29 is 14.6 Å². The minimum Gasteiger partial charge on any atom is -0.380 e. The van der Waals surface area contributed by atoms with Crippen molar-refractivity contribution >= 4 is 22.8 Å². The molecule has 25 heavy (non-hydrogen) atoms. The van der Waals surface area contributed by atoms with Gasteiger partial charge in [-0.2, -0.15) is 5.10 Å². The number of anilines is 1. The smallest absolute Gasteiger partial charge is 0.301 e. The first-order valence-electron chi connectivity index (χ1n) is 8.31. The molecule has 0 radical (unpaired) electrons. The third-order valence-electron chi connectivity index (χ3n) is 4.30. The number of nitro groups is 2. The minimum atomic E-state index is -0.661. The van der Waals surface area contributed by atoms with Gasteiger partial charge in [-0.3, -0.25) is 25.7 Å². The second-order valence-electron chi connectivity index (χ2n) is 5.99. The van der Waals surface area contributed by atoms with Crippen LogP contribution < -0.4 is 5.43 Å². The third kappa shape index (κ3) is 4.50. The van der Waals surface area contributed by atoms with Crippen LogP contribution in [-0.4, -0.2) is 28.8 Å². The van der Waals surface area contributed by atoms with E-state index < -0.39 is 9.85 Å². The van der Waals surface area contributed by atoms with Crippen LogP contribution in [0, 0.1) is 32.1 Å². The van der Waals surface area contributed by atoms with Crippen LogP contribution in [0.3, 0.4) is 0 Å². The van der Waals surface area contributed by atoms with Crippen LogP contribution in [0.4, 0.5) is 17.1 Å². The predicted octanol–water partition coefficient (Wildman–Crippen LogP) is 3.74. The fraction of sp³-hybridized carbons (Fsp3) is 0.562. The maximum Gasteiger partial charge on any atom is 0.301 e. The zero-order valence-electron chi connectivity index (χ0n) is 14.3. The minimum absolute atomic E-state index is 0.139. The monoisotopic (exact) mass is 350 g/mol. The number of hydrogen-bond donors (Lipinski definition) is 1. The average Bonchev–Trinajstić information content (AvgIpc) is 2.60. The summed E-state index contributed by atoms with van der Waals surface area (Å²) in [6.45, 7) is 5.31. The fourth-order valence-electron chi connectivity index (χ4n) is 2.95. The van der Waals surface area contributed by atoms with Gasteiger partial charge in [0, 0.05) is 23.6 Å². The molecule has 0 saturated carbocycles. The van der Waals surface area contributed by atoms with Gasteiger partial charge in [0.1, 0.15) is 5.69 Å². The molecule has 1 N–H and O–H groups in total. The third-order valence-corrected chi connectivity index (χ3v) is 4.30. The summed E-state index contributed by atoms with van der Waals surface area (Å²) in [5.74, 6) is 0.336. The van der Waals surface area contributed by atoms with Crippen molar-refractivity contribution in [2.24, 2.45) is 16.9 Å². The predicted molar refractivity (Wildman–Crippen MR) is 93.8 cm³/mol. The molecule has 1 aromatic carbocycles. The van der Waals surface area contributed by atoms with Crippen molar-refractivity contribution in [3.05, 3.63) is 38.4 Å². The van der Waals surface area contributed by atoms with Crippen LogP contribution in [0.1, 0.15) is 33.1 Å². The van der Waals surface area contributed by atoms with Gasteiger partial charge in [-0.1, -0.05) is 20.3 Å². The van der Waals surface area contributed by atoms with E-state index in [0.717, 1.165) is 31.0 Å². The van der Waals surface area contributed by atoms with Gasteiger partial charge in [0.15, 0.2) is 0 Å². The van der Waals surface area contributed by atoms with Gasteiger partial charge in [-0.05, 0) is 18.9 Å². The number of nitrogens with zero attached hydrogens (tertiary/aromatic N) is 3. The van der Waals surface area contributed by atoms with Crippen molar-refractivity contribution in [3.8, 4) is 0 Å². The van der Waals surface area contributed by atoms with E-state index in [1.807, 2.05) is 6.92 Å². The van der Waals surface area contributed by atoms with Gasteiger partial charge in [0.2, 0.25) is 0 Å². The molecular weight excluding hydrogens is 328 g/mol. The van der Waals surface area contributed by atoms with E-state index >= 15 is 0 Å². The maximum absolute atomic E-state index is 11.2. The molecule has 1 aliphatic heterocycles. The zero-order chi connectivity index (χ0) is 18.4. The van der Waals surface area contributed by atoms with E-state index in [1.165, 1.54) is 12.1 Å². The molecule has 1 aliphatic rings. The molecule has 0 bridgehead atoms. The highest BCUT2D eigenvalue weighted by molar-refractivity contribution is 5.90. The van der Waals surface area contributed by atoms with E-state index in [1.54, 1.807) is 0 Å². The molecule has 9 heteroatoms. The lowest BCUT2D eigenvalue weighted by Crippen LogP contribution is -2.36. The Bertz CT molecular complexity index is 674. The zero-order valence-corrected chi connectivity index (χ0v) is 14.3. The first-order valence-corrected chi connectivity index (χ1v) is 8.31. The van der Waals surface area contributed by atoms with Crippen molar-refractivity contribution in [1.82, 2.24) is 0 Å². The maximum atomic E-state index is 11.2. The summed E-state index contributed by atoms with van der Waals surface area (Å²) in [5.41, 5.74) is 3.14. The Morgan fingerprint density at radius 1 is 1.20 bits per heavy atom. The Balaban J connectivity index is 2.31. The Hall–Kier alpha value is -2.55. The molecule has 136 valence electrons. The van der Waals surface area contributed by atoms with Crippen LogP contribution in [0.5, 0.6) is 0 Å². The molecule has 0 spiro atoms. The van der Waals surface area contributed by atoms with E-state index in [0.29, 0.717) is 13.2 Å². The number of rotatable bonds is 7. The SMILES string of the molecule is CCCC1COCC(CC)/C1=N\Nc1ccc([N+](=O)[O-])cc1[N+](=O)[O-]. The topological polar surface area (TPSA) is 120 Å². The van der Waals surface area contributed by atoms with Gasteiger partial charge in [-0.15, -0.1) is 0 Å². The summed E-state index contributed by atoms with van der Waals surface area (Å²) >= 11 is 0. The highest BCUT2D eigenvalue weighted by Crippen LogP contribution is 2.30. The number of hydrogen-bond acceptors (Lipinski definition) is 7. The standard InChI is InChI=1S/C16H22N4O5/c1-3-5-12-10-25-9-11(4-2)16(12)18-17-14-7-6-13(19(21)22)8-15(14)20(23)24/h6-8,11-12,17H,3-5,9-10H2,1-2H3/b18-16+. The van der Waals surface area contributed by atoms with Crippen LogP contribution in [0.25, 0.3) is 0 Å². The van der Waals surface area contributed by atoms with Crippen molar-refractivity contribution in [2.45, 2.75) is 33.1 Å². The van der Waals surface area contributed by atoms with E-state index in [9.17, 15) is 20.2 Å². The largest absolute Gasteiger partial charge is 0.380 e. The molecule has 2 rings (SSSR count). The molecule has 2 unspecified atom stereocenters. The Kier molecular flexibility index (Phi) is 6.40.